The number of aryl methyl sites for hydroxylation is 1. The van der Waals surface area contributed by atoms with Crippen molar-refractivity contribution in [1.29, 1.82) is 0 Å². The van der Waals surface area contributed by atoms with Crippen LogP contribution in [0.1, 0.15) is 22.9 Å². The highest BCUT2D eigenvalue weighted by Crippen LogP contribution is 2.30. The second kappa shape index (κ2) is 6.09. The first kappa shape index (κ1) is 16.2. The molecule has 24 heavy (non-hydrogen) atoms. The maximum Gasteiger partial charge on any atom is 0.346 e. The van der Waals surface area contributed by atoms with Gasteiger partial charge in [-0.25, -0.2) is 4.79 Å². The number of hydrogen-bond donors (Lipinski definition) is 1. The van der Waals surface area contributed by atoms with Gasteiger partial charge in [0.1, 0.15) is 11.3 Å². The van der Waals surface area contributed by atoms with Gasteiger partial charge in [-0.2, -0.15) is 5.10 Å². The molecule has 124 valence electrons. The SMILES string of the molecule is COc1ccc([C@@]2(C)NC(=O)N(/N=C\c3sccc3C)C2=O)cc1. The molecule has 0 aliphatic carbocycles. The number of rotatable bonds is 4. The summed E-state index contributed by atoms with van der Waals surface area (Å²) in [4.78, 5) is 25.8. The average Bonchev–Trinajstić information content (AvgIpc) is 3.08. The number of hydrazone groups is 1. The number of thiophene rings is 1. The molecule has 0 spiro atoms. The van der Waals surface area contributed by atoms with Crippen molar-refractivity contribution in [3.63, 3.8) is 0 Å². The first-order chi connectivity index (χ1) is 11.5. The number of amides is 3. The van der Waals surface area contributed by atoms with Crippen LogP contribution in [0, 0.1) is 6.92 Å². The van der Waals surface area contributed by atoms with Gasteiger partial charge in [-0.05, 0) is 48.6 Å². The van der Waals surface area contributed by atoms with E-state index in [9.17, 15) is 9.59 Å². The number of urea groups is 1. The second-order valence-electron chi connectivity index (χ2n) is 5.61. The molecule has 7 heteroatoms. The van der Waals surface area contributed by atoms with Crippen LogP contribution in [0.25, 0.3) is 0 Å². The molecule has 1 N–H and O–H groups in total. The number of hydrogen-bond acceptors (Lipinski definition) is 5. The number of benzene rings is 1. The molecule has 0 bridgehead atoms. The normalized spacial score (nSPS) is 20.7. The quantitative estimate of drug-likeness (QED) is 0.685. The molecule has 1 aliphatic heterocycles. The number of carbonyl (C=O) groups excluding carboxylic acids is 2. The maximum atomic E-state index is 12.7. The van der Waals surface area contributed by atoms with Crippen molar-refractivity contribution < 1.29 is 14.3 Å². The van der Waals surface area contributed by atoms with E-state index in [1.807, 2.05) is 18.4 Å². The predicted octanol–water partition coefficient (Wildman–Crippen LogP) is 2.87. The van der Waals surface area contributed by atoms with E-state index in [2.05, 4.69) is 10.4 Å². The van der Waals surface area contributed by atoms with E-state index in [0.717, 1.165) is 15.4 Å². The molecule has 0 saturated carbocycles. The lowest BCUT2D eigenvalue weighted by Crippen LogP contribution is -2.40. The van der Waals surface area contributed by atoms with E-state index in [-0.39, 0.29) is 0 Å². The lowest BCUT2D eigenvalue weighted by molar-refractivity contribution is -0.131. The Kier molecular flexibility index (Phi) is 4.11. The number of methoxy groups -OCH3 is 1. The zero-order valence-corrected chi connectivity index (χ0v) is 14.4. The highest BCUT2D eigenvalue weighted by molar-refractivity contribution is 7.11. The van der Waals surface area contributed by atoms with Crippen molar-refractivity contribution in [3.05, 3.63) is 51.7 Å². The van der Waals surface area contributed by atoms with E-state index >= 15 is 0 Å². The molecule has 1 saturated heterocycles. The summed E-state index contributed by atoms with van der Waals surface area (Å²) in [5.74, 6) is 0.269. The Balaban J connectivity index is 1.87. The average molecular weight is 343 g/mol. The number of nitrogens with zero attached hydrogens (tertiary/aromatic N) is 2. The van der Waals surface area contributed by atoms with Crippen LogP contribution in [0.2, 0.25) is 0 Å². The second-order valence-corrected chi connectivity index (χ2v) is 6.56. The topological polar surface area (TPSA) is 71.0 Å². The van der Waals surface area contributed by atoms with E-state index < -0.39 is 17.5 Å². The Labute approximate surface area is 143 Å². The Morgan fingerprint density at radius 1 is 1.25 bits per heavy atom. The minimum Gasteiger partial charge on any atom is -0.497 e. The van der Waals surface area contributed by atoms with Gasteiger partial charge in [0, 0.05) is 0 Å². The maximum absolute atomic E-state index is 12.7. The molecular weight excluding hydrogens is 326 g/mol. The third-order valence-corrected chi connectivity index (χ3v) is 4.98. The first-order valence-corrected chi connectivity index (χ1v) is 8.23. The number of nitrogens with one attached hydrogen (secondary N) is 1. The smallest absolute Gasteiger partial charge is 0.346 e. The van der Waals surface area contributed by atoms with Gasteiger partial charge in [0.2, 0.25) is 0 Å². The summed E-state index contributed by atoms with van der Waals surface area (Å²) in [7, 11) is 1.57. The molecule has 0 radical (unpaired) electrons. The Morgan fingerprint density at radius 2 is 1.96 bits per heavy atom. The molecule has 1 atom stereocenters. The van der Waals surface area contributed by atoms with Gasteiger partial charge in [0.05, 0.1) is 18.2 Å². The first-order valence-electron chi connectivity index (χ1n) is 7.35. The van der Waals surface area contributed by atoms with Gasteiger partial charge in [0.15, 0.2) is 0 Å². The summed E-state index contributed by atoms with van der Waals surface area (Å²) in [6, 6.07) is 8.44. The summed E-state index contributed by atoms with van der Waals surface area (Å²) in [6.45, 7) is 3.62. The van der Waals surface area contributed by atoms with Gasteiger partial charge >= 0.3 is 6.03 Å². The molecule has 2 aromatic rings. The lowest BCUT2D eigenvalue weighted by Gasteiger charge is -2.21. The van der Waals surface area contributed by atoms with Crippen molar-refractivity contribution in [2.45, 2.75) is 19.4 Å². The number of carbonyl (C=O) groups is 2. The van der Waals surface area contributed by atoms with Crippen LogP contribution in [-0.4, -0.2) is 30.3 Å². The molecule has 2 heterocycles. The third kappa shape index (κ3) is 2.67. The van der Waals surface area contributed by atoms with Crippen LogP contribution in [0.3, 0.4) is 0 Å². The molecule has 6 nitrogen and oxygen atoms in total. The van der Waals surface area contributed by atoms with Crippen molar-refractivity contribution in [2.75, 3.05) is 7.11 Å². The predicted molar refractivity (Wildman–Crippen MR) is 92.4 cm³/mol. The minimum absolute atomic E-state index is 0.414. The molecule has 3 amide bonds. The van der Waals surface area contributed by atoms with Crippen LogP contribution >= 0.6 is 11.3 Å². The van der Waals surface area contributed by atoms with Gasteiger partial charge in [-0.3, -0.25) is 4.79 Å². The van der Waals surface area contributed by atoms with E-state index in [4.69, 9.17) is 4.74 Å². The fourth-order valence-corrected chi connectivity index (χ4v) is 3.26. The van der Waals surface area contributed by atoms with Gasteiger partial charge in [-0.1, -0.05) is 12.1 Å². The van der Waals surface area contributed by atoms with Crippen LogP contribution in [-0.2, 0) is 10.3 Å². The van der Waals surface area contributed by atoms with E-state index in [1.165, 1.54) is 17.6 Å². The summed E-state index contributed by atoms with van der Waals surface area (Å²) in [6.07, 6.45) is 1.54. The Morgan fingerprint density at radius 3 is 2.54 bits per heavy atom. The molecule has 0 unspecified atom stereocenters. The summed E-state index contributed by atoms with van der Waals surface area (Å²) >= 11 is 1.50. The minimum atomic E-state index is -1.15. The van der Waals surface area contributed by atoms with Crippen LogP contribution in [0.4, 0.5) is 4.79 Å². The number of ether oxygens (including phenoxy) is 1. The van der Waals surface area contributed by atoms with E-state index in [0.29, 0.717) is 11.3 Å². The van der Waals surface area contributed by atoms with Crippen molar-refractivity contribution >= 4 is 29.5 Å². The van der Waals surface area contributed by atoms with Crippen molar-refractivity contribution in [3.8, 4) is 5.75 Å². The number of imide groups is 1. The summed E-state index contributed by atoms with van der Waals surface area (Å²) in [5, 5.41) is 9.60. The molecule has 1 aromatic carbocycles. The Bertz CT molecular complexity index is 813. The largest absolute Gasteiger partial charge is 0.497 e. The zero-order valence-electron chi connectivity index (χ0n) is 13.6. The third-order valence-electron chi connectivity index (χ3n) is 4.03. The fraction of sp³-hybridized carbons (Fsp3) is 0.235. The highest BCUT2D eigenvalue weighted by atomic mass is 32.1. The van der Waals surface area contributed by atoms with Crippen LogP contribution < -0.4 is 10.1 Å². The van der Waals surface area contributed by atoms with Crippen molar-refractivity contribution in [2.24, 2.45) is 5.10 Å². The van der Waals surface area contributed by atoms with Gasteiger partial charge in [-0.15, -0.1) is 16.3 Å². The fourth-order valence-electron chi connectivity index (χ4n) is 2.48. The monoisotopic (exact) mass is 343 g/mol. The molecule has 1 aliphatic rings. The highest BCUT2D eigenvalue weighted by Gasteiger charge is 2.49. The lowest BCUT2D eigenvalue weighted by atomic mass is 9.92. The standard InChI is InChI=1S/C17H17N3O3S/c1-11-8-9-24-14(11)10-18-20-15(21)17(2,19-16(20)22)12-4-6-13(23-3)7-5-12/h4-10H,1-3H3,(H,19,22)/b18-10-/t17-/m1/s1. The molecule has 1 fully saturated rings. The molecule has 1 aromatic heterocycles. The zero-order chi connectivity index (χ0) is 17.3. The summed E-state index contributed by atoms with van der Waals surface area (Å²) < 4.78 is 5.12. The van der Waals surface area contributed by atoms with E-state index in [1.54, 1.807) is 38.3 Å². The van der Waals surface area contributed by atoms with Gasteiger partial charge < -0.3 is 10.1 Å². The van der Waals surface area contributed by atoms with Crippen LogP contribution in [0.5, 0.6) is 5.75 Å². The molecular formula is C17H17N3O3S. The summed E-state index contributed by atoms with van der Waals surface area (Å²) in [5.41, 5.74) is 0.575. The molecule has 3 rings (SSSR count). The van der Waals surface area contributed by atoms with Crippen molar-refractivity contribution in [1.82, 2.24) is 10.3 Å². The van der Waals surface area contributed by atoms with Crippen LogP contribution in [0.15, 0.2) is 40.8 Å². The Hall–Kier alpha value is -2.67. The van der Waals surface area contributed by atoms with Gasteiger partial charge in [0.25, 0.3) is 5.91 Å².